The van der Waals surface area contributed by atoms with Gasteiger partial charge in [-0.15, -0.1) is 0 Å². The molecule has 1 aromatic rings. The number of ether oxygens (including phenoxy) is 1. The minimum absolute atomic E-state index is 0.0232. The fourth-order valence-electron chi connectivity index (χ4n) is 3.68. The quantitative estimate of drug-likeness (QED) is 0.389. The molecule has 2 bridgehead atoms. The van der Waals surface area contributed by atoms with Crippen molar-refractivity contribution in [3.05, 3.63) is 39.9 Å². The molecule has 3 rings (SSSR count). The van der Waals surface area contributed by atoms with Gasteiger partial charge in [0, 0.05) is 17.5 Å². The average Bonchev–Trinajstić information content (AvgIpc) is 2.85. The van der Waals surface area contributed by atoms with Crippen LogP contribution in [0.1, 0.15) is 39.2 Å². The molecule has 1 amide bonds. The van der Waals surface area contributed by atoms with Crippen molar-refractivity contribution in [1.82, 2.24) is 5.43 Å². The molecule has 0 radical (unpaired) electrons. The second-order valence-electron chi connectivity index (χ2n) is 7.22. The number of fused-ring (bicyclic) bond motifs is 2. The molecule has 1 N–H and O–H groups in total. The molecule has 2 aliphatic rings. The first-order chi connectivity index (χ1) is 11.6. The van der Waals surface area contributed by atoms with Crippen LogP contribution in [0.2, 0.25) is 0 Å². The van der Waals surface area contributed by atoms with Crippen molar-refractivity contribution in [2.75, 3.05) is 0 Å². The highest BCUT2D eigenvalue weighted by molar-refractivity contribution is 5.96. The molecule has 132 valence electrons. The summed E-state index contributed by atoms with van der Waals surface area (Å²) in [6.07, 6.45) is 2.44. The van der Waals surface area contributed by atoms with Gasteiger partial charge in [0.15, 0.2) is 5.60 Å². The van der Waals surface area contributed by atoms with E-state index >= 15 is 0 Å². The fraction of sp³-hybridized carbons (Fsp3) is 0.471. The summed E-state index contributed by atoms with van der Waals surface area (Å²) in [6.45, 7) is 5.56. The van der Waals surface area contributed by atoms with Crippen molar-refractivity contribution in [1.29, 1.82) is 0 Å². The summed E-state index contributed by atoms with van der Waals surface area (Å²) in [5, 5.41) is 14.5. The van der Waals surface area contributed by atoms with E-state index in [-0.39, 0.29) is 11.7 Å². The summed E-state index contributed by atoms with van der Waals surface area (Å²) >= 11 is 0. The maximum Gasteiger partial charge on any atom is 0.313 e. The van der Waals surface area contributed by atoms with Gasteiger partial charge in [-0.2, -0.15) is 5.10 Å². The topological polar surface area (TPSA) is 111 Å². The van der Waals surface area contributed by atoms with Gasteiger partial charge >= 0.3 is 5.97 Å². The molecular formula is C17H19N3O5. The number of hydrogen-bond acceptors (Lipinski definition) is 6. The zero-order valence-electron chi connectivity index (χ0n) is 14.2. The highest BCUT2D eigenvalue weighted by Crippen LogP contribution is 2.65. The van der Waals surface area contributed by atoms with Gasteiger partial charge in [-0.3, -0.25) is 19.7 Å². The number of rotatable bonds is 4. The first kappa shape index (κ1) is 17.1. The Balaban J connectivity index is 1.73. The van der Waals surface area contributed by atoms with Crippen molar-refractivity contribution in [2.24, 2.45) is 15.9 Å². The van der Waals surface area contributed by atoms with Gasteiger partial charge in [-0.05, 0) is 37.5 Å². The minimum atomic E-state index is -1.22. The zero-order valence-corrected chi connectivity index (χ0v) is 14.2. The number of nitro benzene ring substituents is 1. The lowest BCUT2D eigenvalue weighted by molar-refractivity contribution is -0.384. The summed E-state index contributed by atoms with van der Waals surface area (Å²) < 4.78 is 5.47. The Kier molecular flexibility index (Phi) is 3.66. The third kappa shape index (κ3) is 2.24. The average molecular weight is 345 g/mol. The molecule has 8 nitrogen and oxygen atoms in total. The van der Waals surface area contributed by atoms with Gasteiger partial charge in [-0.25, -0.2) is 5.43 Å². The second-order valence-corrected chi connectivity index (χ2v) is 7.22. The lowest BCUT2D eigenvalue weighted by Crippen LogP contribution is -2.52. The molecule has 1 saturated carbocycles. The van der Waals surface area contributed by atoms with Crippen LogP contribution < -0.4 is 5.43 Å². The SMILES string of the molecule is CC12CCC(C(=O)N/N=C/c3ccc([N+](=O)[O-])cc3)(OC1=O)C2(C)C. The third-order valence-electron chi connectivity index (χ3n) is 5.93. The summed E-state index contributed by atoms with van der Waals surface area (Å²) in [5.74, 6) is -0.802. The van der Waals surface area contributed by atoms with E-state index < -0.39 is 27.3 Å². The number of esters is 1. The highest BCUT2D eigenvalue weighted by atomic mass is 16.6. The lowest BCUT2D eigenvalue weighted by atomic mass is 9.66. The van der Waals surface area contributed by atoms with Crippen LogP contribution in [0, 0.1) is 20.9 Å². The van der Waals surface area contributed by atoms with Gasteiger partial charge in [0.05, 0.1) is 16.6 Å². The normalized spacial score (nSPS) is 29.6. The van der Waals surface area contributed by atoms with E-state index in [9.17, 15) is 19.7 Å². The van der Waals surface area contributed by atoms with Crippen LogP contribution in [0.25, 0.3) is 0 Å². The van der Waals surface area contributed by atoms with Gasteiger partial charge in [0.25, 0.3) is 11.6 Å². The van der Waals surface area contributed by atoms with E-state index in [1.54, 1.807) is 0 Å². The van der Waals surface area contributed by atoms with E-state index in [0.29, 0.717) is 18.4 Å². The molecule has 2 atom stereocenters. The summed E-state index contributed by atoms with van der Waals surface area (Å²) in [4.78, 5) is 35.0. The van der Waals surface area contributed by atoms with Crippen LogP contribution in [-0.4, -0.2) is 28.6 Å². The van der Waals surface area contributed by atoms with Crippen molar-refractivity contribution in [2.45, 2.75) is 39.2 Å². The van der Waals surface area contributed by atoms with Crippen molar-refractivity contribution in [3.63, 3.8) is 0 Å². The molecule has 25 heavy (non-hydrogen) atoms. The molecule has 1 aliphatic heterocycles. The van der Waals surface area contributed by atoms with Crippen LogP contribution in [0.5, 0.6) is 0 Å². The molecule has 2 fully saturated rings. The highest BCUT2D eigenvalue weighted by Gasteiger charge is 2.75. The summed E-state index contributed by atoms with van der Waals surface area (Å²) in [5.41, 5.74) is 0.492. The van der Waals surface area contributed by atoms with Gasteiger partial charge in [0.2, 0.25) is 0 Å². The monoisotopic (exact) mass is 345 g/mol. The Bertz CT molecular complexity index is 786. The molecular weight excluding hydrogens is 326 g/mol. The Morgan fingerprint density at radius 2 is 1.92 bits per heavy atom. The van der Waals surface area contributed by atoms with E-state index in [0.717, 1.165) is 0 Å². The number of nitrogens with one attached hydrogen (secondary N) is 1. The van der Waals surface area contributed by atoms with E-state index in [4.69, 9.17) is 4.74 Å². The summed E-state index contributed by atoms with van der Waals surface area (Å²) in [7, 11) is 0. The predicted octanol–water partition coefficient (Wildman–Crippen LogP) is 2.17. The number of nitrogens with zero attached hydrogens (tertiary/aromatic N) is 2. The number of benzene rings is 1. The van der Waals surface area contributed by atoms with Crippen molar-refractivity contribution >= 4 is 23.8 Å². The van der Waals surface area contributed by atoms with Crippen molar-refractivity contribution < 1.29 is 19.2 Å². The molecule has 1 aromatic carbocycles. The number of carbonyl (C=O) groups is 2. The lowest BCUT2D eigenvalue weighted by Gasteiger charge is -2.34. The Morgan fingerprint density at radius 3 is 2.40 bits per heavy atom. The number of non-ortho nitro benzene ring substituents is 1. The first-order valence-electron chi connectivity index (χ1n) is 7.95. The molecule has 1 saturated heterocycles. The Hall–Kier alpha value is -2.77. The fourth-order valence-corrected chi connectivity index (χ4v) is 3.68. The zero-order chi connectivity index (χ0) is 18.5. The molecule has 1 heterocycles. The molecule has 1 aliphatic carbocycles. The van der Waals surface area contributed by atoms with Gasteiger partial charge in [0.1, 0.15) is 0 Å². The number of hydrogen-bond donors (Lipinski definition) is 1. The number of amides is 1. The van der Waals surface area contributed by atoms with Crippen LogP contribution in [0.4, 0.5) is 5.69 Å². The maximum absolute atomic E-state index is 12.7. The molecule has 0 spiro atoms. The maximum atomic E-state index is 12.7. The largest absolute Gasteiger partial charge is 0.448 e. The van der Waals surface area contributed by atoms with Crippen LogP contribution in [0.3, 0.4) is 0 Å². The number of nitro groups is 1. The van der Waals surface area contributed by atoms with Gasteiger partial charge < -0.3 is 4.74 Å². The van der Waals surface area contributed by atoms with E-state index in [1.165, 1.54) is 30.5 Å². The number of hydrazone groups is 1. The molecule has 8 heteroatoms. The van der Waals surface area contributed by atoms with Crippen LogP contribution in [-0.2, 0) is 14.3 Å². The Labute approximate surface area is 144 Å². The molecule has 0 aromatic heterocycles. The standard InChI is InChI=1S/C17H19N3O5/c1-15(2)16(3)8-9-17(15,25-14(16)22)13(21)19-18-10-11-4-6-12(7-5-11)20(23)24/h4-7,10H,8-9H2,1-3H3,(H,19,21)/b18-10+. The van der Waals surface area contributed by atoms with Gasteiger partial charge in [-0.1, -0.05) is 13.8 Å². The summed E-state index contributed by atoms with van der Waals surface area (Å²) in [6, 6.07) is 5.76. The van der Waals surface area contributed by atoms with Crippen LogP contribution >= 0.6 is 0 Å². The van der Waals surface area contributed by atoms with Crippen LogP contribution in [0.15, 0.2) is 29.4 Å². The van der Waals surface area contributed by atoms with E-state index in [2.05, 4.69) is 10.5 Å². The number of carbonyl (C=O) groups excluding carboxylic acids is 2. The minimum Gasteiger partial charge on any atom is -0.448 e. The second kappa shape index (κ2) is 5.37. The third-order valence-corrected chi connectivity index (χ3v) is 5.93. The Morgan fingerprint density at radius 1 is 1.28 bits per heavy atom. The van der Waals surface area contributed by atoms with Crippen molar-refractivity contribution in [3.8, 4) is 0 Å². The predicted molar refractivity (Wildman–Crippen MR) is 88.8 cm³/mol. The van der Waals surface area contributed by atoms with E-state index in [1.807, 2.05) is 20.8 Å². The first-order valence-corrected chi connectivity index (χ1v) is 7.95. The molecule has 2 unspecified atom stereocenters. The smallest absolute Gasteiger partial charge is 0.313 e.